The van der Waals surface area contributed by atoms with Crippen LogP contribution in [0, 0.1) is 0 Å². The Labute approximate surface area is 127 Å². The second-order valence-electron chi connectivity index (χ2n) is 5.18. The van der Waals surface area contributed by atoms with E-state index >= 15 is 0 Å². The summed E-state index contributed by atoms with van der Waals surface area (Å²) in [6.07, 6.45) is 4.88. The summed E-state index contributed by atoms with van der Waals surface area (Å²) in [4.78, 5) is 30.1. The van der Waals surface area contributed by atoms with Crippen molar-refractivity contribution in [3.63, 3.8) is 0 Å². The lowest BCUT2D eigenvalue weighted by Crippen LogP contribution is -2.14. The van der Waals surface area contributed by atoms with Crippen LogP contribution in [0.3, 0.4) is 0 Å². The standard InChI is InChI=1S/C15H16N6O/c1-21(2)9-10-8-18-15(19-10)20-14(22)11-4-3-5-12-13(11)17-7-6-16-12/h3-8H,9H2,1-2H3,(H2,18,19,20,22). The number of para-hydroxylation sites is 1. The summed E-state index contributed by atoms with van der Waals surface area (Å²) in [5.74, 6) is 0.152. The van der Waals surface area contributed by atoms with Gasteiger partial charge in [-0.3, -0.25) is 20.1 Å². The number of H-pyrrole nitrogens is 1. The molecule has 0 bridgehead atoms. The summed E-state index contributed by atoms with van der Waals surface area (Å²) in [6, 6.07) is 5.32. The quantitative estimate of drug-likeness (QED) is 0.764. The number of amides is 1. The van der Waals surface area contributed by atoms with Crippen molar-refractivity contribution in [2.75, 3.05) is 19.4 Å². The van der Waals surface area contributed by atoms with Crippen LogP contribution in [0.5, 0.6) is 0 Å². The Kier molecular flexibility index (Phi) is 3.80. The molecule has 3 aromatic rings. The van der Waals surface area contributed by atoms with Crippen LogP contribution in [-0.4, -0.2) is 44.8 Å². The molecule has 0 aliphatic rings. The second-order valence-corrected chi connectivity index (χ2v) is 5.18. The van der Waals surface area contributed by atoms with Gasteiger partial charge in [-0.25, -0.2) is 4.98 Å². The minimum absolute atomic E-state index is 0.267. The first kappa shape index (κ1) is 14.2. The van der Waals surface area contributed by atoms with Crippen molar-refractivity contribution >= 4 is 22.9 Å². The zero-order valence-corrected chi connectivity index (χ0v) is 12.4. The van der Waals surface area contributed by atoms with E-state index in [-0.39, 0.29) is 5.91 Å². The predicted octanol–water partition coefficient (Wildman–Crippen LogP) is 1.67. The number of carbonyl (C=O) groups is 1. The number of imidazole rings is 1. The fourth-order valence-electron chi connectivity index (χ4n) is 2.19. The molecular formula is C15H16N6O. The molecule has 22 heavy (non-hydrogen) atoms. The number of fused-ring (bicyclic) bond motifs is 1. The number of aromatic nitrogens is 4. The summed E-state index contributed by atoms with van der Waals surface area (Å²) >= 11 is 0. The van der Waals surface area contributed by atoms with Crippen LogP contribution in [-0.2, 0) is 6.54 Å². The van der Waals surface area contributed by atoms with Gasteiger partial charge in [-0.1, -0.05) is 6.07 Å². The van der Waals surface area contributed by atoms with E-state index in [1.807, 2.05) is 25.1 Å². The third-order valence-electron chi connectivity index (χ3n) is 3.09. The zero-order chi connectivity index (χ0) is 15.5. The predicted molar refractivity (Wildman–Crippen MR) is 83.5 cm³/mol. The first-order valence-electron chi connectivity index (χ1n) is 6.83. The molecule has 112 valence electrons. The third kappa shape index (κ3) is 2.94. The molecule has 0 aliphatic heterocycles. The molecule has 0 fully saturated rings. The van der Waals surface area contributed by atoms with Gasteiger partial charge in [-0.15, -0.1) is 0 Å². The highest BCUT2D eigenvalue weighted by atomic mass is 16.1. The molecule has 0 aliphatic carbocycles. The maximum Gasteiger partial charge on any atom is 0.260 e. The maximum absolute atomic E-state index is 12.4. The number of rotatable bonds is 4. The van der Waals surface area contributed by atoms with Crippen LogP contribution in [0.2, 0.25) is 0 Å². The van der Waals surface area contributed by atoms with E-state index in [9.17, 15) is 4.79 Å². The van der Waals surface area contributed by atoms with Crippen LogP contribution >= 0.6 is 0 Å². The molecular weight excluding hydrogens is 280 g/mol. The molecule has 1 amide bonds. The average Bonchev–Trinajstić information content (AvgIpc) is 2.92. The van der Waals surface area contributed by atoms with Gasteiger partial charge in [0.25, 0.3) is 5.91 Å². The van der Waals surface area contributed by atoms with Crippen molar-refractivity contribution in [1.29, 1.82) is 0 Å². The highest BCUT2D eigenvalue weighted by molar-refractivity contribution is 6.10. The van der Waals surface area contributed by atoms with Crippen molar-refractivity contribution < 1.29 is 4.79 Å². The minimum atomic E-state index is -0.267. The van der Waals surface area contributed by atoms with E-state index in [1.54, 1.807) is 30.7 Å². The molecule has 7 heteroatoms. The van der Waals surface area contributed by atoms with Gasteiger partial charge in [0.05, 0.1) is 23.0 Å². The SMILES string of the molecule is CN(C)Cc1cnc(NC(=O)c2cccc3nccnc23)[nH]1. The summed E-state index contributed by atoms with van der Waals surface area (Å²) in [5.41, 5.74) is 2.65. The lowest BCUT2D eigenvalue weighted by molar-refractivity contribution is 0.102. The Balaban J connectivity index is 1.83. The highest BCUT2D eigenvalue weighted by Crippen LogP contribution is 2.15. The third-order valence-corrected chi connectivity index (χ3v) is 3.09. The number of nitrogens with zero attached hydrogens (tertiary/aromatic N) is 4. The Morgan fingerprint density at radius 3 is 2.86 bits per heavy atom. The topological polar surface area (TPSA) is 86.8 Å². The molecule has 0 saturated carbocycles. The Bertz CT molecular complexity index is 805. The van der Waals surface area contributed by atoms with Crippen molar-refractivity contribution in [3.05, 3.63) is 48.0 Å². The van der Waals surface area contributed by atoms with E-state index in [0.29, 0.717) is 22.5 Å². The lowest BCUT2D eigenvalue weighted by atomic mass is 10.1. The highest BCUT2D eigenvalue weighted by Gasteiger charge is 2.13. The average molecular weight is 296 g/mol. The maximum atomic E-state index is 12.4. The molecule has 0 unspecified atom stereocenters. The number of nitrogens with one attached hydrogen (secondary N) is 2. The van der Waals surface area contributed by atoms with Gasteiger partial charge in [-0.2, -0.15) is 0 Å². The van der Waals surface area contributed by atoms with Gasteiger partial charge in [0.1, 0.15) is 5.52 Å². The van der Waals surface area contributed by atoms with Gasteiger partial charge in [-0.05, 0) is 26.2 Å². The van der Waals surface area contributed by atoms with E-state index in [0.717, 1.165) is 12.2 Å². The van der Waals surface area contributed by atoms with Crippen molar-refractivity contribution in [2.45, 2.75) is 6.54 Å². The Morgan fingerprint density at radius 1 is 1.23 bits per heavy atom. The van der Waals surface area contributed by atoms with Crippen molar-refractivity contribution in [2.24, 2.45) is 0 Å². The van der Waals surface area contributed by atoms with Crippen LogP contribution in [0.25, 0.3) is 11.0 Å². The molecule has 0 spiro atoms. The van der Waals surface area contributed by atoms with Crippen LogP contribution in [0.1, 0.15) is 16.1 Å². The first-order chi connectivity index (χ1) is 10.6. The van der Waals surface area contributed by atoms with Gasteiger partial charge in [0, 0.05) is 18.9 Å². The molecule has 0 radical (unpaired) electrons. The van der Waals surface area contributed by atoms with Gasteiger partial charge in [0.2, 0.25) is 5.95 Å². The fourth-order valence-corrected chi connectivity index (χ4v) is 2.19. The molecule has 7 nitrogen and oxygen atoms in total. The molecule has 1 aromatic carbocycles. The fraction of sp³-hybridized carbons (Fsp3) is 0.200. The number of aromatic amines is 1. The van der Waals surface area contributed by atoms with Crippen LogP contribution in [0.4, 0.5) is 5.95 Å². The molecule has 0 atom stereocenters. The molecule has 2 aromatic heterocycles. The van der Waals surface area contributed by atoms with E-state index in [2.05, 4.69) is 25.3 Å². The Morgan fingerprint density at radius 2 is 2.05 bits per heavy atom. The van der Waals surface area contributed by atoms with Gasteiger partial charge in [0.15, 0.2) is 0 Å². The smallest absolute Gasteiger partial charge is 0.260 e. The van der Waals surface area contributed by atoms with E-state index < -0.39 is 0 Å². The largest absolute Gasteiger partial charge is 0.327 e. The van der Waals surface area contributed by atoms with Crippen LogP contribution < -0.4 is 5.32 Å². The molecule has 3 rings (SSSR count). The Hall–Kier alpha value is -2.80. The summed E-state index contributed by atoms with van der Waals surface area (Å²) < 4.78 is 0. The lowest BCUT2D eigenvalue weighted by Gasteiger charge is -2.07. The summed E-state index contributed by atoms with van der Waals surface area (Å²) in [6.45, 7) is 0.725. The van der Waals surface area contributed by atoms with E-state index in [1.165, 1.54) is 0 Å². The molecule has 2 N–H and O–H groups in total. The summed E-state index contributed by atoms with van der Waals surface area (Å²) in [5, 5.41) is 2.75. The number of hydrogen-bond acceptors (Lipinski definition) is 5. The first-order valence-corrected chi connectivity index (χ1v) is 6.83. The van der Waals surface area contributed by atoms with Gasteiger partial charge >= 0.3 is 0 Å². The monoisotopic (exact) mass is 296 g/mol. The number of hydrogen-bond donors (Lipinski definition) is 2. The molecule has 0 saturated heterocycles. The molecule has 2 heterocycles. The number of anilines is 1. The van der Waals surface area contributed by atoms with Crippen molar-refractivity contribution in [3.8, 4) is 0 Å². The number of benzene rings is 1. The minimum Gasteiger partial charge on any atom is -0.327 e. The number of carbonyl (C=O) groups excluding carboxylic acids is 1. The zero-order valence-electron chi connectivity index (χ0n) is 12.4. The normalized spacial score (nSPS) is 11.0. The van der Waals surface area contributed by atoms with E-state index in [4.69, 9.17) is 0 Å². The summed E-state index contributed by atoms with van der Waals surface area (Å²) in [7, 11) is 3.93. The van der Waals surface area contributed by atoms with Crippen LogP contribution in [0.15, 0.2) is 36.8 Å². The van der Waals surface area contributed by atoms with Gasteiger partial charge < -0.3 is 9.88 Å². The second kappa shape index (κ2) is 5.90. The van der Waals surface area contributed by atoms with Crippen molar-refractivity contribution in [1.82, 2.24) is 24.8 Å².